The van der Waals surface area contributed by atoms with Gasteiger partial charge in [-0.2, -0.15) is 18.2 Å². The van der Waals surface area contributed by atoms with Gasteiger partial charge < -0.3 is 0 Å². The Morgan fingerprint density at radius 3 is 2.56 bits per heavy atom. The molecule has 0 bridgehead atoms. The summed E-state index contributed by atoms with van der Waals surface area (Å²) in [7, 11) is 0. The largest absolute Gasteiger partial charge is 1.00 e. The second kappa shape index (κ2) is 3.71. The molecule has 0 N–H and O–H groups in total. The van der Waals surface area contributed by atoms with Gasteiger partial charge in [-0.15, -0.1) is 11.6 Å². The Morgan fingerprint density at radius 2 is 2.22 bits per heavy atom. The monoisotopic (exact) mass is 116 g/mol. The molecule has 0 nitrogen and oxygen atoms in total. The minimum absolute atomic E-state index is 0. The van der Waals surface area contributed by atoms with E-state index in [2.05, 4.69) is 6.07 Å². The van der Waals surface area contributed by atoms with Crippen molar-refractivity contribution in [1.82, 2.24) is 0 Å². The van der Waals surface area contributed by atoms with Crippen LogP contribution in [0, 0.1) is 18.8 Å². The first-order valence-electron chi connectivity index (χ1n) is 2.43. The van der Waals surface area contributed by atoms with Gasteiger partial charge in [0.1, 0.15) is 0 Å². The molecule has 0 fully saturated rings. The molecule has 0 atom stereocenters. The van der Waals surface area contributed by atoms with Crippen molar-refractivity contribution in [1.29, 1.82) is 0 Å². The summed E-state index contributed by atoms with van der Waals surface area (Å²) in [4.78, 5) is 0. The van der Waals surface area contributed by atoms with E-state index in [1.807, 2.05) is 0 Å². The van der Waals surface area contributed by atoms with Gasteiger partial charge >= 0.3 is 18.9 Å². The van der Waals surface area contributed by atoms with Crippen molar-refractivity contribution in [3.63, 3.8) is 0 Å². The van der Waals surface area contributed by atoms with Crippen LogP contribution in [0.3, 0.4) is 0 Å². The van der Waals surface area contributed by atoms with Crippen LogP contribution in [-0.2, 0) is 0 Å². The van der Waals surface area contributed by atoms with E-state index >= 15 is 0 Å². The van der Waals surface area contributed by atoms with Crippen LogP contribution in [-0.4, -0.2) is 0 Å². The van der Waals surface area contributed by atoms with E-state index in [0.717, 1.165) is 0 Å². The first kappa shape index (κ1) is 8.75. The molecular formula is C7H6FLi. The van der Waals surface area contributed by atoms with Crippen LogP contribution in [0.5, 0.6) is 0 Å². The number of hydrogen-bond donors (Lipinski definition) is 0. The van der Waals surface area contributed by atoms with Gasteiger partial charge in [-0.1, -0.05) is 6.92 Å². The SMILES string of the molecule is Cc1c[c-]ccc1F.[Li+]. The molecule has 0 heterocycles. The van der Waals surface area contributed by atoms with Crippen LogP contribution < -0.4 is 18.9 Å². The molecule has 2 heteroatoms. The van der Waals surface area contributed by atoms with E-state index in [4.69, 9.17) is 0 Å². The van der Waals surface area contributed by atoms with Crippen LogP contribution >= 0.6 is 0 Å². The smallest absolute Gasteiger partial charge is 0.235 e. The van der Waals surface area contributed by atoms with Crippen molar-refractivity contribution in [3.8, 4) is 0 Å². The van der Waals surface area contributed by atoms with Crippen molar-refractivity contribution in [2.24, 2.45) is 0 Å². The molecule has 1 rings (SSSR count). The fraction of sp³-hybridized carbons (Fsp3) is 0.143. The summed E-state index contributed by atoms with van der Waals surface area (Å²) in [6.45, 7) is 1.71. The Morgan fingerprint density at radius 1 is 1.56 bits per heavy atom. The average molecular weight is 116 g/mol. The fourth-order valence-corrected chi connectivity index (χ4v) is 0.495. The Labute approximate surface area is 66.3 Å². The zero-order valence-electron chi connectivity index (χ0n) is 5.61. The standard InChI is InChI=1S/C7H6F.Li/c1-6-4-2-3-5-7(6)8;/h3-5H,1H3;/q-1;+1. The van der Waals surface area contributed by atoms with Gasteiger partial charge in [0.05, 0.1) is 0 Å². The Bertz CT molecular complexity index is 165. The van der Waals surface area contributed by atoms with Crippen molar-refractivity contribution in [2.45, 2.75) is 6.92 Å². The second-order valence-corrected chi connectivity index (χ2v) is 1.68. The molecule has 0 unspecified atom stereocenters. The summed E-state index contributed by atoms with van der Waals surface area (Å²) in [6, 6.07) is 7.34. The molecular weight excluding hydrogens is 110 g/mol. The Balaban J connectivity index is 0.000000640. The fourth-order valence-electron chi connectivity index (χ4n) is 0.495. The molecule has 1 aromatic rings. The van der Waals surface area contributed by atoms with E-state index in [0.29, 0.717) is 5.56 Å². The molecule has 0 aliphatic carbocycles. The molecule has 0 saturated carbocycles. The molecule has 0 radical (unpaired) electrons. The number of halogens is 1. The van der Waals surface area contributed by atoms with Crippen LogP contribution in [0.25, 0.3) is 0 Å². The Kier molecular flexibility index (Phi) is 3.61. The van der Waals surface area contributed by atoms with Crippen LogP contribution in [0.1, 0.15) is 5.56 Å². The first-order valence-corrected chi connectivity index (χ1v) is 2.43. The molecule has 9 heavy (non-hydrogen) atoms. The topological polar surface area (TPSA) is 0 Å². The minimum Gasteiger partial charge on any atom is -0.235 e. The maximum Gasteiger partial charge on any atom is 1.00 e. The van der Waals surface area contributed by atoms with Crippen LogP contribution in [0.2, 0.25) is 0 Å². The zero-order valence-corrected chi connectivity index (χ0v) is 5.61. The molecule has 1 aromatic carbocycles. The second-order valence-electron chi connectivity index (χ2n) is 1.68. The number of rotatable bonds is 0. The van der Waals surface area contributed by atoms with Gasteiger partial charge in [-0.25, -0.2) is 4.39 Å². The molecule has 0 aliphatic heterocycles. The summed E-state index contributed by atoms with van der Waals surface area (Å²) in [5, 5.41) is 0. The third kappa shape index (κ3) is 2.22. The summed E-state index contributed by atoms with van der Waals surface area (Å²) in [5.74, 6) is -0.163. The van der Waals surface area contributed by atoms with Crippen molar-refractivity contribution in [2.75, 3.05) is 0 Å². The molecule has 42 valence electrons. The molecule has 0 spiro atoms. The average Bonchev–Trinajstić information content (AvgIpc) is 1.77. The van der Waals surface area contributed by atoms with Gasteiger partial charge in [0.25, 0.3) is 0 Å². The Hall–Kier alpha value is -0.253. The van der Waals surface area contributed by atoms with Crippen molar-refractivity contribution in [3.05, 3.63) is 35.6 Å². The van der Waals surface area contributed by atoms with Crippen molar-refractivity contribution >= 4 is 0 Å². The molecule has 0 aliphatic rings. The number of aryl methyl sites for hydroxylation is 1. The quantitative estimate of drug-likeness (QED) is 0.299. The van der Waals surface area contributed by atoms with Gasteiger partial charge in [0.2, 0.25) is 0 Å². The summed E-state index contributed by atoms with van der Waals surface area (Å²) < 4.78 is 12.3. The van der Waals surface area contributed by atoms with E-state index in [9.17, 15) is 4.39 Å². The maximum absolute atomic E-state index is 12.3. The predicted octanol–water partition coefficient (Wildman–Crippen LogP) is -1.06. The van der Waals surface area contributed by atoms with E-state index in [-0.39, 0.29) is 24.7 Å². The van der Waals surface area contributed by atoms with Crippen LogP contribution in [0.4, 0.5) is 4.39 Å². The molecule has 0 saturated heterocycles. The number of benzene rings is 1. The summed E-state index contributed by atoms with van der Waals surface area (Å²) in [6.07, 6.45) is 0. The summed E-state index contributed by atoms with van der Waals surface area (Å²) in [5.41, 5.74) is 0.646. The maximum atomic E-state index is 12.3. The summed E-state index contributed by atoms with van der Waals surface area (Å²) >= 11 is 0. The van der Waals surface area contributed by atoms with Gasteiger partial charge in [0.15, 0.2) is 0 Å². The number of hydrogen-bond acceptors (Lipinski definition) is 0. The van der Waals surface area contributed by atoms with Crippen LogP contribution in [0.15, 0.2) is 18.2 Å². The van der Waals surface area contributed by atoms with Gasteiger partial charge in [-0.3, -0.25) is 0 Å². The normalized spacial score (nSPS) is 8.22. The zero-order chi connectivity index (χ0) is 5.98. The molecule has 0 aromatic heterocycles. The third-order valence-electron chi connectivity index (χ3n) is 1.00. The third-order valence-corrected chi connectivity index (χ3v) is 1.00. The van der Waals surface area contributed by atoms with Gasteiger partial charge in [0, 0.05) is 5.82 Å². The van der Waals surface area contributed by atoms with Gasteiger partial charge in [-0.05, 0) is 0 Å². The van der Waals surface area contributed by atoms with E-state index in [1.54, 1.807) is 19.1 Å². The first-order chi connectivity index (χ1) is 3.80. The predicted molar refractivity (Wildman–Crippen MR) is 30.0 cm³/mol. The van der Waals surface area contributed by atoms with Crippen molar-refractivity contribution < 1.29 is 23.3 Å². The van der Waals surface area contributed by atoms with E-state index in [1.165, 1.54) is 6.07 Å². The van der Waals surface area contributed by atoms with E-state index < -0.39 is 0 Å². The minimum atomic E-state index is -0.163. The molecule has 0 amide bonds.